The predicted octanol–water partition coefficient (Wildman–Crippen LogP) is 2.96. The van der Waals surface area contributed by atoms with Gasteiger partial charge in [-0.25, -0.2) is 4.39 Å². The highest BCUT2D eigenvalue weighted by Gasteiger charge is 2.09. The molecule has 0 aliphatic heterocycles. The van der Waals surface area contributed by atoms with Crippen molar-refractivity contribution >= 4 is 28.8 Å². The quantitative estimate of drug-likeness (QED) is 0.868. The molecule has 2 N–H and O–H groups in total. The molecule has 5 heteroatoms. The fraction of sp³-hybridized carbons (Fsp3) is 0.0833. The van der Waals surface area contributed by atoms with Gasteiger partial charge in [-0.1, -0.05) is 36.0 Å². The summed E-state index contributed by atoms with van der Waals surface area (Å²) in [5.74, 6) is -0.423. The number of aromatic nitrogens is 1. The molecular formula is C12H10ClFN2S. The molecule has 0 saturated carbocycles. The van der Waals surface area contributed by atoms with E-state index in [4.69, 9.17) is 29.6 Å². The molecule has 0 aliphatic carbocycles. The summed E-state index contributed by atoms with van der Waals surface area (Å²) in [6.45, 7) is 0.441. The van der Waals surface area contributed by atoms with Gasteiger partial charge in [-0.3, -0.25) is 0 Å². The molecule has 2 nitrogen and oxygen atoms in total. The fourth-order valence-corrected chi connectivity index (χ4v) is 2.00. The normalized spacial score (nSPS) is 10.5. The first kappa shape index (κ1) is 12.1. The molecule has 0 unspecified atom stereocenters. The third kappa shape index (κ3) is 2.48. The number of benzene rings is 1. The van der Waals surface area contributed by atoms with Gasteiger partial charge in [-0.05, 0) is 23.8 Å². The zero-order valence-electron chi connectivity index (χ0n) is 8.86. The molecule has 88 valence electrons. The molecule has 2 rings (SSSR count). The van der Waals surface area contributed by atoms with Crippen molar-refractivity contribution in [2.75, 3.05) is 0 Å². The molecule has 2 aromatic rings. The van der Waals surface area contributed by atoms with Crippen LogP contribution in [0, 0.1) is 5.82 Å². The summed E-state index contributed by atoms with van der Waals surface area (Å²) in [4.78, 5) is 0.308. The zero-order chi connectivity index (χ0) is 12.4. The maximum Gasteiger partial charge on any atom is 0.142 e. The minimum Gasteiger partial charge on any atom is -0.388 e. The van der Waals surface area contributed by atoms with Crippen LogP contribution in [0.4, 0.5) is 4.39 Å². The Kier molecular flexibility index (Phi) is 3.45. The van der Waals surface area contributed by atoms with E-state index < -0.39 is 5.82 Å². The minimum absolute atomic E-state index is 0.134. The molecule has 0 radical (unpaired) electrons. The lowest BCUT2D eigenvalue weighted by Gasteiger charge is -2.09. The van der Waals surface area contributed by atoms with Crippen molar-refractivity contribution in [2.45, 2.75) is 6.54 Å². The summed E-state index contributed by atoms with van der Waals surface area (Å²) < 4.78 is 15.1. The smallest absolute Gasteiger partial charge is 0.142 e. The minimum atomic E-state index is -0.423. The van der Waals surface area contributed by atoms with Gasteiger partial charge in [-0.15, -0.1) is 0 Å². The van der Waals surface area contributed by atoms with Crippen LogP contribution in [0.2, 0.25) is 5.02 Å². The third-order valence-electron chi connectivity index (χ3n) is 2.45. The van der Waals surface area contributed by atoms with Crippen LogP contribution in [0.15, 0.2) is 36.5 Å². The van der Waals surface area contributed by atoms with Gasteiger partial charge >= 0.3 is 0 Å². The fourth-order valence-electron chi connectivity index (χ4n) is 1.63. The first-order chi connectivity index (χ1) is 8.09. The second-order valence-electron chi connectivity index (χ2n) is 3.60. The summed E-state index contributed by atoms with van der Waals surface area (Å²) in [5.41, 5.74) is 7.02. The maximum absolute atomic E-state index is 13.3. The molecule has 17 heavy (non-hydrogen) atoms. The van der Waals surface area contributed by atoms with E-state index in [9.17, 15) is 4.39 Å². The lowest BCUT2D eigenvalue weighted by molar-refractivity contribution is 0.624. The van der Waals surface area contributed by atoms with Crippen LogP contribution in [0.1, 0.15) is 11.3 Å². The van der Waals surface area contributed by atoms with Gasteiger partial charge < -0.3 is 10.3 Å². The van der Waals surface area contributed by atoms with Gasteiger partial charge in [0.05, 0.1) is 10.7 Å². The van der Waals surface area contributed by atoms with Crippen molar-refractivity contribution in [1.82, 2.24) is 4.57 Å². The summed E-state index contributed by atoms with van der Waals surface area (Å²) in [6.07, 6.45) is 1.83. The lowest BCUT2D eigenvalue weighted by Crippen LogP contribution is -2.15. The summed E-state index contributed by atoms with van der Waals surface area (Å²) in [6, 6.07) is 8.38. The summed E-state index contributed by atoms with van der Waals surface area (Å²) >= 11 is 10.8. The predicted molar refractivity (Wildman–Crippen MR) is 70.8 cm³/mol. The molecular weight excluding hydrogens is 259 g/mol. The van der Waals surface area contributed by atoms with E-state index in [1.807, 2.05) is 22.9 Å². The average Bonchev–Trinajstić information content (AvgIpc) is 2.73. The number of nitrogens with zero attached hydrogens (tertiary/aromatic N) is 1. The third-order valence-corrected chi connectivity index (χ3v) is 3.09. The van der Waals surface area contributed by atoms with Crippen molar-refractivity contribution < 1.29 is 4.39 Å². The van der Waals surface area contributed by atoms with Crippen LogP contribution >= 0.6 is 23.8 Å². The van der Waals surface area contributed by atoms with E-state index >= 15 is 0 Å². The molecule has 0 saturated heterocycles. The molecule has 0 atom stereocenters. The molecule has 0 spiro atoms. The highest BCUT2D eigenvalue weighted by atomic mass is 35.5. The molecule has 0 amide bonds. The van der Waals surface area contributed by atoms with E-state index in [0.29, 0.717) is 17.1 Å². The van der Waals surface area contributed by atoms with E-state index in [2.05, 4.69) is 0 Å². The van der Waals surface area contributed by atoms with Crippen molar-refractivity contribution in [3.05, 3.63) is 58.6 Å². The van der Waals surface area contributed by atoms with E-state index in [-0.39, 0.29) is 5.02 Å². The first-order valence-corrected chi connectivity index (χ1v) is 5.76. The molecule has 0 bridgehead atoms. The van der Waals surface area contributed by atoms with Crippen molar-refractivity contribution in [2.24, 2.45) is 5.73 Å². The number of thiocarbonyl (C=S) groups is 1. The topological polar surface area (TPSA) is 30.9 Å². The monoisotopic (exact) mass is 268 g/mol. The van der Waals surface area contributed by atoms with Gasteiger partial charge in [0.1, 0.15) is 10.8 Å². The first-order valence-electron chi connectivity index (χ1n) is 4.97. The maximum atomic E-state index is 13.3. The standard InChI is InChI=1S/C12H10ClFN2S/c13-11-8(3-1-4-9(11)14)7-16-6-2-5-10(16)12(15)17/h1-6H,7H2,(H2,15,17). The van der Waals surface area contributed by atoms with E-state index in [1.165, 1.54) is 6.07 Å². The Labute approximate surface area is 109 Å². The van der Waals surface area contributed by atoms with Gasteiger partial charge in [-0.2, -0.15) is 0 Å². The van der Waals surface area contributed by atoms with Gasteiger partial charge in [0.25, 0.3) is 0 Å². The molecule has 0 aliphatic rings. The summed E-state index contributed by atoms with van der Waals surface area (Å²) in [5, 5.41) is 0.134. The Hall–Kier alpha value is -1.39. The Balaban J connectivity index is 2.35. The largest absolute Gasteiger partial charge is 0.388 e. The SMILES string of the molecule is NC(=S)c1cccn1Cc1cccc(F)c1Cl. The van der Waals surface area contributed by atoms with Gasteiger partial charge in [0, 0.05) is 12.7 Å². The number of nitrogens with two attached hydrogens (primary N) is 1. The van der Waals surface area contributed by atoms with Gasteiger partial charge in [0.15, 0.2) is 0 Å². The highest BCUT2D eigenvalue weighted by molar-refractivity contribution is 7.80. The summed E-state index contributed by atoms with van der Waals surface area (Å²) in [7, 11) is 0. The average molecular weight is 269 g/mol. The zero-order valence-corrected chi connectivity index (χ0v) is 10.4. The van der Waals surface area contributed by atoms with Crippen molar-refractivity contribution in [3.8, 4) is 0 Å². The van der Waals surface area contributed by atoms with E-state index in [1.54, 1.807) is 12.1 Å². The van der Waals surface area contributed by atoms with Crippen molar-refractivity contribution in [1.29, 1.82) is 0 Å². The second-order valence-corrected chi connectivity index (χ2v) is 4.42. The molecule has 1 heterocycles. The lowest BCUT2D eigenvalue weighted by atomic mass is 10.2. The molecule has 1 aromatic heterocycles. The van der Waals surface area contributed by atoms with Crippen LogP contribution in [0.3, 0.4) is 0 Å². The van der Waals surface area contributed by atoms with Crippen LogP contribution in [-0.2, 0) is 6.54 Å². The van der Waals surface area contributed by atoms with Crippen LogP contribution < -0.4 is 5.73 Å². The Bertz CT molecular complexity index is 565. The van der Waals surface area contributed by atoms with E-state index in [0.717, 1.165) is 5.69 Å². The Morgan fingerprint density at radius 3 is 2.82 bits per heavy atom. The Morgan fingerprint density at radius 2 is 2.12 bits per heavy atom. The highest BCUT2D eigenvalue weighted by Crippen LogP contribution is 2.21. The van der Waals surface area contributed by atoms with Gasteiger partial charge in [0.2, 0.25) is 0 Å². The number of hydrogen-bond acceptors (Lipinski definition) is 1. The molecule has 1 aromatic carbocycles. The second kappa shape index (κ2) is 4.85. The number of rotatable bonds is 3. The van der Waals surface area contributed by atoms with Crippen LogP contribution in [0.25, 0.3) is 0 Å². The van der Waals surface area contributed by atoms with Crippen LogP contribution in [0.5, 0.6) is 0 Å². The van der Waals surface area contributed by atoms with Crippen molar-refractivity contribution in [3.63, 3.8) is 0 Å². The number of hydrogen-bond donors (Lipinski definition) is 1. The van der Waals surface area contributed by atoms with Crippen LogP contribution in [-0.4, -0.2) is 9.56 Å². The molecule has 0 fully saturated rings. The Morgan fingerprint density at radius 1 is 1.35 bits per heavy atom. The number of halogens is 2.